The van der Waals surface area contributed by atoms with E-state index in [9.17, 15) is 80.5 Å². The van der Waals surface area contributed by atoms with Crippen molar-refractivity contribution in [3.63, 3.8) is 0 Å². The standard InChI is InChI=1S/C119H132O20/c1-59-43-97(120)67(9)35-85(59)109(86-36-68(10)98(121)44-60(86)2)93-51-81(31-75(17)113(93)136-55-105(128)129)118(82-32-76(18)114(137-56-106(130)131)94(52-82)110(87-37-69(11)99(122)45-61(87)3)88-38-70(12)100(123)46-62(88)4)27-23-79(24-28-118)117(21,22)80-25-29-119(30-26-80,83-33-77(19)115(138-57-107(132)133)95(53-83)111(89-39-71(13)101(124)47-63(89)5)90-40-72(14)102(125)48-64(90)6)84-34-78(20)116(139-58-108(134)135)96(54-84)112(91-41-73(15)103(126)49-65(91)7)92-42-74(16)104(127)50-66(92)8/h31-54,79-80,109-112,120-127H,23-30,55-58H2,1-22H3,(H,128,129)(H,130,131)(H,132,133)(H,134,135). The van der Waals surface area contributed by atoms with Gasteiger partial charge in [0.2, 0.25) is 0 Å². The Balaban J connectivity index is 1.01. The minimum absolute atomic E-state index is 0.0233. The molecule has 0 unspecified atom stereocenters. The van der Waals surface area contributed by atoms with Gasteiger partial charge in [0.15, 0.2) is 26.4 Å². The van der Waals surface area contributed by atoms with Crippen molar-refractivity contribution >= 4 is 23.9 Å². The fourth-order valence-electron chi connectivity index (χ4n) is 23.1. The molecule has 2 aliphatic carbocycles. The van der Waals surface area contributed by atoms with E-state index in [2.05, 4.69) is 62.4 Å². The highest BCUT2D eigenvalue weighted by molar-refractivity contribution is 5.74. The average Bonchev–Trinajstić information content (AvgIpc) is 0.724. The Morgan fingerprint density at radius 3 is 0.532 bits per heavy atom. The number of rotatable bonds is 30. The topological polar surface area (TPSA) is 348 Å². The van der Waals surface area contributed by atoms with E-state index in [-0.39, 0.29) is 57.8 Å². The zero-order valence-corrected chi connectivity index (χ0v) is 83.9. The predicted octanol–water partition coefficient (Wildman–Crippen LogP) is 24.8. The molecule has 0 saturated heterocycles. The van der Waals surface area contributed by atoms with Gasteiger partial charge in [0.1, 0.15) is 69.0 Å². The lowest BCUT2D eigenvalue weighted by Gasteiger charge is -2.52. The van der Waals surface area contributed by atoms with Crippen LogP contribution in [0.3, 0.4) is 0 Å². The average molecular weight is 1880 g/mol. The Kier molecular flexibility index (Phi) is 28.7. The second kappa shape index (κ2) is 39.5. The van der Waals surface area contributed by atoms with E-state index < -0.39 is 90.2 Å². The molecular weight excluding hydrogens is 1750 g/mol. The predicted molar refractivity (Wildman–Crippen MR) is 541 cm³/mol. The summed E-state index contributed by atoms with van der Waals surface area (Å²) in [5.74, 6) is -5.47. The number of aryl methyl sites for hydroxylation is 20. The van der Waals surface area contributed by atoms with Gasteiger partial charge in [-0.2, -0.15) is 0 Å². The number of phenolic OH excluding ortho intramolecular Hbond substituents is 8. The molecule has 0 amide bonds. The fourth-order valence-corrected chi connectivity index (χ4v) is 23.1. The number of carbonyl (C=O) groups is 4. The lowest BCUT2D eigenvalue weighted by atomic mass is 9.52. The molecule has 12 aromatic carbocycles. The molecule has 0 atom stereocenters. The van der Waals surface area contributed by atoms with Crippen LogP contribution in [0.15, 0.2) is 146 Å². The molecule has 2 aliphatic rings. The van der Waals surface area contributed by atoms with Gasteiger partial charge in [-0.25, -0.2) is 19.2 Å². The van der Waals surface area contributed by atoms with E-state index in [1.807, 2.05) is 187 Å². The Morgan fingerprint density at radius 1 is 0.237 bits per heavy atom. The molecule has 0 heterocycles. The van der Waals surface area contributed by atoms with Crippen LogP contribution in [0.5, 0.6) is 69.0 Å². The second-order valence-electron chi connectivity index (χ2n) is 40.8. The Labute approximate surface area is 815 Å². The number of aromatic hydroxyl groups is 8. The van der Waals surface area contributed by atoms with Crippen molar-refractivity contribution < 1.29 is 99.4 Å². The molecule has 139 heavy (non-hydrogen) atoms. The van der Waals surface area contributed by atoms with Gasteiger partial charge in [0, 0.05) is 56.8 Å². The Bertz CT molecular complexity index is 5880. The summed E-state index contributed by atoms with van der Waals surface area (Å²) in [6.45, 7) is 39.9. The number of aliphatic carboxylic acids is 4. The van der Waals surface area contributed by atoms with Crippen LogP contribution in [-0.4, -0.2) is 112 Å². The first-order chi connectivity index (χ1) is 65.4. The van der Waals surface area contributed by atoms with Crippen LogP contribution in [0.2, 0.25) is 0 Å². The van der Waals surface area contributed by atoms with Crippen molar-refractivity contribution in [1.29, 1.82) is 0 Å². The van der Waals surface area contributed by atoms with Gasteiger partial charge in [-0.05, 0) is 434 Å². The lowest BCUT2D eigenvalue weighted by molar-refractivity contribution is -0.140. The molecule has 0 aromatic heterocycles. The summed E-state index contributed by atoms with van der Waals surface area (Å²) in [5.41, 5.74) is 23.4. The van der Waals surface area contributed by atoms with Gasteiger partial charge in [-0.1, -0.05) is 111 Å². The molecule has 2 fully saturated rings. The zero-order chi connectivity index (χ0) is 101. The van der Waals surface area contributed by atoms with Crippen LogP contribution in [0.4, 0.5) is 0 Å². The van der Waals surface area contributed by atoms with Crippen LogP contribution in [0.1, 0.15) is 289 Å². The van der Waals surface area contributed by atoms with Gasteiger partial charge in [0.25, 0.3) is 0 Å². The smallest absolute Gasteiger partial charge is 0.341 e. The molecule has 2 saturated carbocycles. The third-order valence-corrected chi connectivity index (χ3v) is 31.0. The molecule has 0 bridgehead atoms. The maximum atomic E-state index is 13.0. The second-order valence-corrected chi connectivity index (χ2v) is 40.8. The van der Waals surface area contributed by atoms with Gasteiger partial charge in [-0.3, -0.25) is 0 Å². The van der Waals surface area contributed by atoms with Gasteiger partial charge in [0.05, 0.1) is 0 Å². The summed E-state index contributed by atoms with van der Waals surface area (Å²) >= 11 is 0. The number of carboxylic acids is 4. The summed E-state index contributed by atoms with van der Waals surface area (Å²) < 4.78 is 26.6. The zero-order valence-electron chi connectivity index (χ0n) is 83.9. The maximum Gasteiger partial charge on any atom is 0.341 e. The first-order valence-electron chi connectivity index (χ1n) is 47.8. The number of phenols is 8. The van der Waals surface area contributed by atoms with E-state index in [0.717, 1.165) is 111 Å². The van der Waals surface area contributed by atoms with Gasteiger partial charge in [-0.15, -0.1) is 0 Å². The summed E-state index contributed by atoms with van der Waals surface area (Å²) in [7, 11) is 0. The monoisotopic (exact) mass is 1880 g/mol. The highest BCUT2D eigenvalue weighted by Gasteiger charge is 2.51. The Morgan fingerprint density at radius 2 is 0.388 bits per heavy atom. The quantitative estimate of drug-likeness (QED) is 0.0186. The summed E-state index contributed by atoms with van der Waals surface area (Å²) in [5, 5.41) is 134. The minimum atomic E-state index is -1.19. The maximum absolute atomic E-state index is 13.0. The van der Waals surface area contributed by atoms with Crippen LogP contribution < -0.4 is 18.9 Å². The third-order valence-electron chi connectivity index (χ3n) is 31.0. The summed E-state index contributed by atoms with van der Waals surface area (Å²) in [6.07, 6.45) is 4.71. The molecule has 728 valence electrons. The highest BCUT2D eigenvalue weighted by atomic mass is 16.5. The van der Waals surface area contributed by atoms with Gasteiger partial charge >= 0.3 is 23.9 Å². The van der Waals surface area contributed by atoms with E-state index in [4.69, 9.17) is 18.9 Å². The molecule has 14 rings (SSSR count). The molecular formula is C119H132O20. The molecule has 12 aromatic rings. The molecule has 0 radical (unpaired) electrons. The number of hydrogen-bond donors (Lipinski definition) is 12. The highest BCUT2D eigenvalue weighted by Crippen LogP contribution is 2.62. The van der Waals surface area contributed by atoms with Crippen molar-refractivity contribution in [3.05, 3.63) is 346 Å². The van der Waals surface area contributed by atoms with E-state index in [0.29, 0.717) is 163 Å². The number of benzene rings is 12. The molecule has 20 nitrogen and oxygen atoms in total. The minimum Gasteiger partial charge on any atom is -0.508 e. The fraction of sp³-hybridized carbons (Fsp3) is 0.361. The number of carboxylic acid groups (broad SMARTS) is 4. The van der Waals surface area contributed by atoms with Crippen molar-refractivity contribution in [3.8, 4) is 69.0 Å². The first kappa shape index (κ1) is 101. The van der Waals surface area contributed by atoms with E-state index >= 15 is 0 Å². The third kappa shape index (κ3) is 19.8. The first-order valence-corrected chi connectivity index (χ1v) is 47.8. The van der Waals surface area contributed by atoms with Crippen molar-refractivity contribution in [2.24, 2.45) is 17.3 Å². The van der Waals surface area contributed by atoms with E-state index in [1.54, 1.807) is 48.5 Å². The van der Waals surface area contributed by atoms with Crippen LogP contribution in [0.25, 0.3) is 0 Å². The molecule has 20 heteroatoms. The largest absolute Gasteiger partial charge is 0.508 e. The Hall–Kier alpha value is -13.9. The molecule has 12 N–H and O–H groups in total. The van der Waals surface area contributed by atoms with Crippen LogP contribution >= 0.6 is 0 Å². The lowest BCUT2D eigenvalue weighted by Crippen LogP contribution is -2.43. The van der Waals surface area contributed by atoms with Crippen molar-refractivity contribution in [1.82, 2.24) is 0 Å². The van der Waals surface area contributed by atoms with Gasteiger partial charge < -0.3 is 80.2 Å². The molecule has 0 aliphatic heterocycles. The van der Waals surface area contributed by atoms with E-state index in [1.165, 1.54) is 0 Å². The van der Waals surface area contributed by atoms with Crippen molar-refractivity contribution in [2.45, 2.75) is 238 Å². The summed E-state index contributed by atoms with van der Waals surface area (Å²) in [6, 6.07) is 46.7. The van der Waals surface area contributed by atoms with Crippen molar-refractivity contribution in [2.75, 3.05) is 26.4 Å². The number of hydrogen-bond acceptors (Lipinski definition) is 16. The normalized spacial score (nSPS) is 14.1. The molecule has 0 spiro atoms. The SMILES string of the molecule is Cc1cc(C(c2cc(C)c(O)cc2C)c2cc(C3(c4cc(C)c(OCC(=O)O)c(C(c5cc(C)c(O)cc5C)c5cc(C)c(O)cc5C)c4)CCC(C(C)(C)C4CCC(c5cc(C)c(OCC(=O)O)c(C(c6cc(C)c(O)cc6C)c6cc(C)c(O)cc6C)c5)(c5cc(C)c(OCC(=O)O)c(C(c6cc(C)c(O)cc6C)c6cc(C)c(O)cc6C)c5)CC4)CC3)cc(C)c2OCC(=O)O)c(C)cc1O. The van der Waals surface area contributed by atoms with Crippen LogP contribution in [-0.2, 0) is 30.0 Å². The number of ether oxygens (including phenoxy) is 4. The summed E-state index contributed by atoms with van der Waals surface area (Å²) in [4.78, 5) is 52.1. The van der Waals surface area contributed by atoms with Crippen LogP contribution in [0, 0.1) is 156 Å².